The zero-order chi connectivity index (χ0) is 12.7. The van der Waals surface area contributed by atoms with Crippen molar-refractivity contribution in [1.29, 1.82) is 0 Å². The minimum absolute atomic E-state index is 0.583. The lowest BCUT2D eigenvalue weighted by atomic mass is 10.1. The van der Waals surface area contributed by atoms with E-state index in [1.807, 2.05) is 6.07 Å². The van der Waals surface area contributed by atoms with Crippen LogP contribution in [0.15, 0.2) is 34.8 Å². The third-order valence-corrected chi connectivity index (χ3v) is 2.90. The van der Waals surface area contributed by atoms with Gasteiger partial charge >= 0.3 is 5.97 Å². The van der Waals surface area contributed by atoms with Gasteiger partial charge in [-0.1, -0.05) is 28.1 Å². The molecule has 0 atom stereocenters. The van der Waals surface area contributed by atoms with Crippen molar-refractivity contribution in [1.82, 2.24) is 5.32 Å². The third kappa shape index (κ3) is 5.65. The topological polar surface area (TPSA) is 49.3 Å². The van der Waals surface area contributed by atoms with Crippen LogP contribution in [0.4, 0.5) is 0 Å². The van der Waals surface area contributed by atoms with E-state index in [0.717, 1.165) is 23.5 Å². The number of carbonyl (C=O) groups is 1. The Bertz CT molecular complexity index is 416. The summed E-state index contributed by atoms with van der Waals surface area (Å²) in [7, 11) is 0. The van der Waals surface area contributed by atoms with Crippen molar-refractivity contribution in [2.45, 2.75) is 13.3 Å². The first-order valence-corrected chi connectivity index (χ1v) is 6.24. The zero-order valence-corrected chi connectivity index (χ0v) is 11.3. The first-order chi connectivity index (χ1) is 8.09. The van der Waals surface area contributed by atoms with Crippen molar-refractivity contribution >= 4 is 21.9 Å². The van der Waals surface area contributed by atoms with Crippen LogP contribution in [0.5, 0.6) is 0 Å². The number of benzene rings is 1. The van der Waals surface area contributed by atoms with Gasteiger partial charge in [0.15, 0.2) is 0 Å². The summed E-state index contributed by atoms with van der Waals surface area (Å²) in [6, 6.07) is 6.23. The maximum absolute atomic E-state index is 10.2. The fraction of sp³-hybridized carbons (Fsp3) is 0.308. The lowest BCUT2D eigenvalue weighted by Gasteiger charge is -2.06. The number of aryl methyl sites for hydroxylation is 1. The largest absolute Gasteiger partial charge is 0.478 e. The second kappa shape index (κ2) is 7.25. The van der Waals surface area contributed by atoms with E-state index in [-0.39, 0.29) is 0 Å². The molecule has 1 aromatic carbocycles. The van der Waals surface area contributed by atoms with E-state index in [9.17, 15) is 4.79 Å². The Hall–Kier alpha value is -1.13. The summed E-state index contributed by atoms with van der Waals surface area (Å²) in [4.78, 5) is 10.2. The second-order valence-electron chi connectivity index (χ2n) is 3.77. The number of hydrogen-bond acceptors (Lipinski definition) is 2. The summed E-state index contributed by atoms with van der Waals surface area (Å²) in [5.41, 5.74) is 2.57. The van der Waals surface area contributed by atoms with E-state index < -0.39 is 5.97 Å². The first-order valence-electron chi connectivity index (χ1n) is 5.45. The number of carboxylic acids is 1. The Morgan fingerprint density at radius 2 is 2.29 bits per heavy atom. The van der Waals surface area contributed by atoms with E-state index in [2.05, 4.69) is 40.3 Å². The summed E-state index contributed by atoms with van der Waals surface area (Å²) < 4.78 is 1.09. The van der Waals surface area contributed by atoms with Crippen LogP contribution in [0.25, 0.3) is 0 Å². The highest BCUT2D eigenvalue weighted by atomic mass is 79.9. The molecule has 3 nitrogen and oxygen atoms in total. The summed E-state index contributed by atoms with van der Waals surface area (Å²) in [5, 5.41) is 11.6. The molecule has 0 aromatic heterocycles. The SMILES string of the molecule is Cc1ccc(Br)cc1CCNC/C=C/C(=O)O. The van der Waals surface area contributed by atoms with Crippen LogP contribution in [0.3, 0.4) is 0 Å². The van der Waals surface area contributed by atoms with E-state index in [1.54, 1.807) is 6.08 Å². The number of carboxylic acid groups (broad SMARTS) is 1. The van der Waals surface area contributed by atoms with E-state index in [4.69, 9.17) is 5.11 Å². The van der Waals surface area contributed by atoms with Crippen LogP contribution in [-0.4, -0.2) is 24.2 Å². The van der Waals surface area contributed by atoms with Crippen molar-refractivity contribution in [2.75, 3.05) is 13.1 Å². The van der Waals surface area contributed by atoms with Crippen molar-refractivity contribution in [3.8, 4) is 0 Å². The lowest BCUT2D eigenvalue weighted by Crippen LogP contribution is -2.17. The maximum atomic E-state index is 10.2. The number of nitrogens with one attached hydrogen (secondary N) is 1. The van der Waals surface area contributed by atoms with Gasteiger partial charge in [-0.3, -0.25) is 0 Å². The summed E-state index contributed by atoms with van der Waals surface area (Å²) >= 11 is 3.45. The average molecular weight is 298 g/mol. The molecule has 0 aliphatic rings. The Labute approximate surface area is 110 Å². The van der Waals surface area contributed by atoms with Crippen LogP contribution < -0.4 is 5.32 Å². The molecular weight excluding hydrogens is 282 g/mol. The molecule has 1 rings (SSSR count). The van der Waals surface area contributed by atoms with Crippen molar-refractivity contribution in [3.63, 3.8) is 0 Å². The van der Waals surface area contributed by atoms with Crippen molar-refractivity contribution in [3.05, 3.63) is 46.0 Å². The van der Waals surface area contributed by atoms with Gasteiger partial charge in [-0.25, -0.2) is 4.79 Å². The predicted molar refractivity (Wildman–Crippen MR) is 72.2 cm³/mol. The molecule has 0 aliphatic carbocycles. The quantitative estimate of drug-likeness (QED) is 0.627. The molecule has 0 fully saturated rings. The van der Waals surface area contributed by atoms with Gasteiger partial charge in [0, 0.05) is 17.1 Å². The fourth-order valence-electron chi connectivity index (χ4n) is 1.48. The smallest absolute Gasteiger partial charge is 0.328 e. The van der Waals surface area contributed by atoms with Crippen LogP contribution in [0.1, 0.15) is 11.1 Å². The van der Waals surface area contributed by atoms with Gasteiger partial charge in [0.05, 0.1) is 0 Å². The number of rotatable bonds is 6. The molecule has 17 heavy (non-hydrogen) atoms. The lowest BCUT2D eigenvalue weighted by molar-refractivity contribution is -0.131. The fourth-order valence-corrected chi connectivity index (χ4v) is 1.89. The Kier molecular flexibility index (Phi) is 5.94. The molecule has 0 bridgehead atoms. The molecule has 0 aliphatic heterocycles. The van der Waals surface area contributed by atoms with Gasteiger partial charge in [-0.15, -0.1) is 0 Å². The van der Waals surface area contributed by atoms with Crippen molar-refractivity contribution in [2.24, 2.45) is 0 Å². The summed E-state index contributed by atoms with van der Waals surface area (Å²) in [5.74, 6) is -0.908. The first kappa shape index (κ1) is 13.9. The van der Waals surface area contributed by atoms with Gasteiger partial charge in [0.2, 0.25) is 0 Å². The highest BCUT2D eigenvalue weighted by Gasteiger charge is 1.98. The third-order valence-electron chi connectivity index (χ3n) is 2.40. The van der Waals surface area contributed by atoms with Gasteiger partial charge in [-0.2, -0.15) is 0 Å². The minimum atomic E-state index is -0.908. The maximum Gasteiger partial charge on any atom is 0.328 e. The van der Waals surface area contributed by atoms with E-state index in [1.165, 1.54) is 11.1 Å². The highest BCUT2D eigenvalue weighted by molar-refractivity contribution is 9.10. The Balaban J connectivity index is 2.31. The van der Waals surface area contributed by atoms with Gasteiger partial charge in [-0.05, 0) is 43.1 Å². The number of aliphatic carboxylic acids is 1. The minimum Gasteiger partial charge on any atom is -0.478 e. The zero-order valence-electron chi connectivity index (χ0n) is 9.74. The Morgan fingerprint density at radius 3 is 3.00 bits per heavy atom. The number of halogens is 1. The molecule has 4 heteroatoms. The molecule has 0 saturated heterocycles. The second-order valence-corrected chi connectivity index (χ2v) is 4.68. The average Bonchev–Trinajstić information content (AvgIpc) is 2.27. The molecule has 1 aromatic rings. The van der Waals surface area contributed by atoms with Crippen LogP contribution >= 0.6 is 15.9 Å². The standard InChI is InChI=1S/C13H16BrNO2/c1-10-4-5-12(14)9-11(10)6-8-15-7-2-3-13(16)17/h2-5,9,15H,6-8H2,1H3,(H,16,17)/b3-2+. The Morgan fingerprint density at radius 1 is 1.53 bits per heavy atom. The van der Waals surface area contributed by atoms with Gasteiger partial charge in [0.25, 0.3) is 0 Å². The summed E-state index contributed by atoms with van der Waals surface area (Å²) in [6.45, 7) is 3.51. The molecule has 0 amide bonds. The van der Waals surface area contributed by atoms with E-state index in [0.29, 0.717) is 6.54 Å². The molecule has 0 unspecified atom stereocenters. The van der Waals surface area contributed by atoms with Crippen LogP contribution in [0.2, 0.25) is 0 Å². The monoisotopic (exact) mass is 297 g/mol. The summed E-state index contributed by atoms with van der Waals surface area (Å²) in [6.07, 6.45) is 3.69. The molecule has 0 heterocycles. The van der Waals surface area contributed by atoms with Gasteiger partial charge in [0.1, 0.15) is 0 Å². The van der Waals surface area contributed by atoms with Crippen LogP contribution in [-0.2, 0) is 11.2 Å². The van der Waals surface area contributed by atoms with Crippen molar-refractivity contribution < 1.29 is 9.90 Å². The molecule has 92 valence electrons. The molecule has 2 N–H and O–H groups in total. The molecule has 0 radical (unpaired) electrons. The molecule has 0 saturated carbocycles. The molecular formula is C13H16BrNO2. The highest BCUT2D eigenvalue weighted by Crippen LogP contribution is 2.16. The normalized spacial score (nSPS) is 10.9. The molecule has 0 spiro atoms. The predicted octanol–water partition coefficient (Wildman–Crippen LogP) is 2.53. The van der Waals surface area contributed by atoms with Crippen LogP contribution in [0, 0.1) is 6.92 Å². The number of hydrogen-bond donors (Lipinski definition) is 2. The van der Waals surface area contributed by atoms with E-state index >= 15 is 0 Å². The van der Waals surface area contributed by atoms with Gasteiger partial charge < -0.3 is 10.4 Å².